The molecule has 0 radical (unpaired) electrons. The Morgan fingerprint density at radius 2 is 2.11 bits per heavy atom. The third kappa shape index (κ3) is 2.66. The van der Waals surface area contributed by atoms with Crippen molar-refractivity contribution < 1.29 is 9.47 Å². The number of nitrogens with zero attached hydrogens (tertiary/aromatic N) is 1. The molecule has 4 nitrogen and oxygen atoms in total. The van der Waals surface area contributed by atoms with Gasteiger partial charge in [0, 0.05) is 17.5 Å². The van der Waals surface area contributed by atoms with Crippen LogP contribution in [0.2, 0.25) is 0 Å². The van der Waals surface area contributed by atoms with Gasteiger partial charge in [-0.25, -0.2) is 0 Å². The summed E-state index contributed by atoms with van der Waals surface area (Å²) in [5, 5.41) is 4.34. The molecule has 1 aromatic carbocycles. The van der Waals surface area contributed by atoms with Crippen molar-refractivity contribution in [3.8, 4) is 11.5 Å². The van der Waals surface area contributed by atoms with Gasteiger partial charge >= 0.3 is 0 Å². The molecule has 1 unspecified atom stereocenters. The highest BCUT2D eigenvalue weighted by atomic mass is 32.2. The van der Waals surface area contributed by atoms with Crippen LogP contribution in [-0.4, -0.2) is 29.7 Å². The molecule has 19 heavy (non-hydrogen) atoms. The molecular formula is C14H18N2O2S. The molecule has 2 heterocycles. The summed E-state index contributed by atoms with van der Waals surface area (Å²) in [6.07, 6.45) is 1.06. The van der Waals surface area contributed by atoms with Gasteiger partial charge in [0.2, 0.25) is 0 Å². The van der Waals surface area contributed by atoms with E-state index in [1.807, 2.05) is 18.2 Å². The maximum Gasteiger partial charge on any atom is 0.163 e. The van der Waals surface area contributed by atoms with Gasteiger partial charge < -0.3 is 14.8 Å². The van der Waals surface area contributed by atoms with Gasteiger partial charge in [0.05, 0.1) is 5.54 Å². The van der Waals surface area contributed by atoms with E-state index in [-0.39, 0.29) is 5.54 Å². The summed E-state index contributed by atoms with van der Waals surface area (Å²) in [6.45, 7) is 5.60. The van der Waals surface area contributed by atoms with E-state index >= 15 is 0 Å². The van der Waals surface area contributed by atoms with Crippen molar-refractivity contribution in [2.45, 2.75) is 25.8 Å². The fourth-order valence-corrected chi connectivity index (χ4v) is 3.21. The molecule has 1 aromatic rings. The number of benzene rings is 1. The fourth-order valence-electron chi connectivity index (χ4n) is 2.02. The van der Waals surface area contributed by atoms with Crippen molar-refractivity contribution in [3.05, 3.63) is 18.2 Å². The minimum atomic E-state index is 0.0703. The first kappa shape index (κ1) is 12.7. The first-order chi connectivity index (χ1) is 9.18. The van der Waals surface area contributed by atoms with E-state index in [0.717, 1.165) is 34.5 Å². The van der Waals surface area contributed by atoms with E-state index in [2.05, 4.69) is 19.2 Å². The fraction of sp³-hybridized carbons (Fsp3) is 0.500. The van der Waals surface area contributed by atoms with Crippen molar-refractivity contribution in [3.63, 3.8) is 0 Å². The zero-order valence-electron chi connectivity index (χ0n) is 11.2. The summed E-state index contributed by atoms with van der Waals surface area (Å²) in [5.41, 5.74) is 1.07. The number of ether oxygens (including phenoxy) is 2. The van der Waals surface area contributed by atoms with Gasteiger partial charge in [0.15, 0.2) is 16.7 Å². The standard InChI is InChI=1S/C14H18N2O2S/c1-3-14(2)9-19-13(16-14)15-10-4-5-11-12(8-10)18-7-6-17-11/h4-5,8H,3,6-7,9H2,1-2H3,(H,15,16). The van der Waals surface area contributed by atoms with E-state index in [0.29, 0.717) is 13.2 Å². The minimum absolute atomic E-state index is 0.0703. The van der Waals surface area contributed by atoms with E-state index in [1.165, 1.54) is 0 Å². The van der Waals surface area contributed by atoms with Crippen LogP contribution in [0, 0.1) is 0 Å². The molecule has 0 saturated heterocycles. The number of nitrogens with one attached hydrogen (secondary N) is 1. The Labute approximate surface area is 117 Å². The van der Waals surface area contributed by atoms with E-state index in [4.69, 9.17) is 14.5 Å². The number of amidine groups is 1. The van der Waals surface area contributed by atoms with E-state index < -0.39 is 0 Å². The molecule has 3 rings (SSSR count). The second-order valence-corrected chi connectivity index (χ2v) is 6.00. The lowest BCUT2D eigenvalue weighted by molar-refractivity contribution is 0.171. The van der Waals surface area contributed by atoms with Crippen LogP contribution < -0.4 is 14.8 Å². The largest absolute Gasteiger partial charge is 0.486 e. The van der Waals surface area contributed by atoms with Crippen LogP contribution in [0.5, 0.6) is 11.5 Å². The van der Waals surface area contributed by atoms with Crippen LogP contribution >= 0.6 is 11.8 Å². The molecule has 0 spiro atoms. The van der Waals surface area contributed by atoms with Gasteiger partial charge in [-0.1, -0.05) is 18.7 Å². The molecule has 102 valence electrons. The van der Waals surface area contributed by atoms with Crippen LogP contribution in [-0.2, 0) is 0 Å². The van der Waals surface area contributed by atoms with Crippen molar-refractivity contribution in [2.24, 2.45) is 4.99 Å². The van der Waals surface area contributed by atoms with E-state index in [9.17, 15) is 0 Å². The zero-order chi connectivity index (χ0) is 13.3. The summed E-state index contributed by atoms with van der Waals surface area (Å²) >= 11 is 1.77. The number of fused-ring (bicyclic) bond motifs is 1. The topological polar surface area (TPSA) is 42.8 Å². The second-order valence-electron chi connectivity index (χ2n) is 5.04. The van der Waals surface area contributed by atoms with Gasteiger partial charge in [-0.3, -0.25) is 4.99 Å². The molecule has 0 bridgehead atoms. The number of aliphatic imine (C=N–C) groups is 1. The molecule has 1 atom stereocenters. The molecule has 5 heteroatoms. The highest BCUT2D eigenvalue weighted by Crippen LogP contribution is 2.34. The summed E-state index contributed by atoms with van der Waals surface area (Å²) < 4.78 is 11.1. The van der Waals surface area contributed by atoms with Crippen LogP contribution in [0.15, 0.2) is 23.2 Å². The predicted molar refractivity (Wildman–Crippen MR) is 79.6 cm³/mol. The van der Waals surface area contributed by atoms with Crippen molar-refractivity contribution in [1.29, 1.82) is 0 Å². The van der Waals surface area contributed by atoms with Crippen molar-refractivity contribution in [1.82, 2.24) is 0 Å². The lowest BCUT2D eigenvalue weighted by atomic mass is 10.0. The Balaban J connectivity index is 1.76. The molecule has 0 aliphatic carbocycles. The van der Waals surface area contributed by atoms with Crippen molar-refractivity contribution in [2.75, 3.05) is 24.3 Å². The highest BCUT2D eigenvalue weighted by molar-refractivity contribution is 8.14. The molecule has 0 aromatic heterocycles. The number of hydrogen-bond donors (Lipinski definition) is 1. The number of thioether (sulfide) groups is 1. The van der Waals surface area contributed by atoms with Gasteiger partial charge in [-0.15, -0.1) is 0 Å². The van der Waals surface area contributed by atoms with Crippen molar-refractivity contribution >= 4 is 22.6 Å². The first-order valence-electron chi connectivity index (χ1n) is 6.58. The third-order valence-corrected chi connectivity index (χ3v) is 4.68. The van der Waals surface area contributed by atoms with Gasteiger partial charge in [0.25, 0.3) is 0 Å². The van der Waals surface area contributed by atoms with Gasteiger partial charge in [0.1, 0.15) is 13.2 Å². The monoisotopic (exact) mass is 278 g/mol. The van der Waals surface area contributed by atoms with Gasteiger partial charge in [-0.05, 0) is 25.5 Å². The first-order valence-corrected chi connectivity index (χ1v) is 7.56. The summed E-state index contributed by atoms with van der Waals surface area (Å²) in [7, 11) is 0. The van der Waals surface area contributed by atoms with Gasteiger partial charge in [-0.2, -0.15) is 0 Å². The van der Waals surface area contributed by atoms with Crippen LogP contribution in [0.25, 0.3) is 0 Å². The number of hydrogen-bond acceptors (Lipinski definition) is 5. The molecular weight excluding hydrogens is 260 g/mol. The molecule has 0 fully saturated rings. The Bertz CT molecular complexity index is 518. The molecule has 2 aliphatic rings. The Hall–Kier alpha value is -1.36. The molecule has 0 amide bonds. The van der Waals surface area contributed by atoms with Crippen LogP contribution in [0.1, 0.15) is 20.3 Å². The average molecular weight is 278 g/mol. The smallest absolute Gasteiger partial charge is 0.163 e. The summed E-state index contributed by atoms with van der Waals surface area (Å²) in [5.74, 6) is 2.66. The summed E-state index contributed by atoms with van der Waals surface area (Å²) in [4.78, 5) is 4.74. The lowest BCUT2D eigenvalue weighted by Crippen LogP contribution is -2.20. The third-order valence-electron chi connectivity index (χ3n) is 3.45. The SMILES string of the molecule is CCC1(C)CSC(Nc2ccc3c(c2)OCCO3)=N1. The molecule has 2 aliphatic heterocycles. The predicted octanol–water partition coefficient (Wildman–Crippen LogP) is 3.14. The second kappa shape index (κ2) is 4.96. The Morgan fingerprint density at radius 3 is 2.84 bits per heavy atom. The van der Waals surface area contributed by atoms with E-state index in [1.54, 1.807) is 11.8 Å². The quantitative estimate of drug-likeness (QED) is 0.902. The zero-order valence-corrected chi connectivity index (χ0v) is 12.0. The molecule has 0 saturated carbocycles. The van der Waals surface area contributed by atoms with Crippen LogP contribution in [0.4, 0.5) is 5.69 Å². The minimum Gasteiger partial charge on any atom is -0.486 e. The lowest BCUT2D eigenvalue weighted by Gasteiger charge is -2.19. The number of rotatable bonds is 2. The summed E-state index contributed by atoms with van der Waals surface area (Å²) in [6, 6.07) is 5.91. The normalized spacial score (nSPS) is 25.1. The average Bonchev–Trinajstić information content (AvgIpc) is 2.81. The maximum absolute atomic E-state index is 5.58. The number of anilines is 1. The molecule has 1 N–H and O–H groups in total. The Morgan fingerprint density at radius 1 is 1.32 bits per heavy atom. The maximum atomic E-state index is 5.58. The van der Waals surface area contributed by atoms with Crippen LogP contribution in [0.3, 0.4) is 0 Å². The Kier molecular flexibility index (Phi) is 3.31. The highest BCUT2D eigenvalue weighted by Gasteiger charge is 2.28.